The van der Waals surface area contributed by atoms with E-state index in [0.29, 0.717) is 24.0 Å². The molecule has 1 unspecified atom stereocenters. The van der Waals surface area contributed by atoms with Crippen LogP contribution in [-0.4, -0.2) is 12.2 Å². The molecule has 0 fully saturated rings. The SMILES string of the molecule is CC=CC(=CC)C(=O)C1=CCCC(C(F)F)C1. The molecular weight excluding hydrogens is 222 g/mol. The first-order chi connectivity index (χ1) is 8.10. The van der Waals surface area contributed by atoms with Crippen LogP contribution in [0.5, 0.6) is 0 Å². The van der Waals surface area contributed by atoms with Crippen molar-refractivity contribution in [1.82, 2.24) is 0 Å². The molecule has 1 rings (SSSR count). The molecule has 17 heavy (non-hydrogen) atoms. The Kier molecular flexibility index (Phi) is 5.26. The summed E-state index contributed by atoms with van der Waals surface area (Å²) in [5.74, 6) is -0.779. The molecule has 0 amide bonds. The maximum atomic E-state index is 12.6. The van der Waals surface area contributed by atoms with Gasteiger partial charge in [-0.2, -0.15) is 0 Å². The Bertz CT molecular complexity index is 364. The molecular formula is C14H18F2O. The predicted molar refractivity (Wildman–Crippen MR) is 65.0 cm³/mol. The van der Waals surface area contributed by atoms with Crippen molar-refractivity contribution >= 4 is 5.78 Å². The first-order valence-corrected chi connectivity index (χ1v) is 5.91. The summed E-state index contributed by atoms with van der Waals surface area (Å²) in [5.41, 5.74) is 1.11. The Balaban J connectivity index is 2.80. The van der Waals surface area contributed by atoms with Gasteiger partial charge in [-0.15, -0.1) is 0 Å². The zero-order valence-electron chi connectivity index (χ0n) is 10.2. The van der Waals surface area contributed by atoms with E-state index in [1.807, 2.05) is 6.92 Å². The van der Waals surface area contributed by atoms with E-state index in [-0.39, 0.29) is 12.2 Å². The third-order valence-electron chi connectivity index (χ3n) is 2.98. The summed E-state index contributed by atoms with van der Waals surface area (Å²) in [6.45, 7) is 3.61. The summed E-state index contributed by atoms with van der Waals surface area (Å²) in [6.07, 6.45) is 5.93. The van der Waals surface area contributed by atoms with Gasteiger partial charge in [0.05, 0.1) is 0 Å². The number of carbonyl (C=O) groups is 1. The Morgan fingerprint density at radius 3 is 2.71 bits per heavy atom. The minimum Gasteiger partial charge on any atom is -0.289 e. The van der Waals surface area contributed by atoms with Crippen LogP contribution in [0.4, 0.5) is 8.78 Å². The lowest BCUT2D eigenvalue weighted by molar-refractivity contribution is -0.112. The van der Waals surface area contributed by atoms with Crippen molar-refractivity contribution < 1.29 is 13.6 Å². The van der Waals surface area contributed by atoms with Gasteiger partial charge >= 0.3 is 0 Å². The fraction of sp³-hybridized carbons (Fsp3) is 0.500. The number of alkyl halides is 2. The quantitative estimate of drug-likeness (QED) is 0.534. The Hall–Kier alpha value is -1.25. The second-order valence-electron chi connectivity index (χ2n) is 4.18. The van der Waals surface area contributed by atoms with Gasteiger partial charge in [-0.25, -0.2) is 8.78 Å². The summed E-state index contributed by atoms with van der Waals surface area (Å²) >= 11 is 0. The van der Waals surface area contributed by atoms with E-state index in [2.05, 4.69) is 0 Å². The summed E-state index contributed by atoms with van der Waals surface area (Å²) in [7, 11) is 0. The number of allylic oxidation sites excluding steroid dienone is 6. The van der Waals surface area contributed by atoms with Crippen molar-refractivity contribution in [1.29, 1.82) is 0 Å². The highest BCUT2D eigenvalue weighted by molar-refractivity contribution is 6.10. The largest absolute Gasteiger partial charge is 0.289 e. The highest BCUT2D eigenvalue weighted by Gasteiger charge is 2.27. The predicted octanol–water partition coefficient (Wildman–Crippen LogP) is 4.07. The fourth-order valence-electron chi connectivity index (χ4n) is 2.01. The number of ketones is 1. The van der Waals surface area contributed by atoms with Crippen molar-refractivity contribution in [2.75, 3.05) is 0 Å². The van der Waals surface area contributed by atoms with Crippen molar-refractivity contribution in [2.24, 2.45) is 5.92 Å². The topological polar surface area (TPSA) is 17.1 Å². The third-order valence-corrected chi connectivity index (χ3v) is 2.98. The number of hydrogen-bond donors (Lipinski definition) is 0. The minimum atomic E-state index is -2.33. The summed E-state index contributed by atoms with van der Waals surface area (Å²) in [6, 6.07) is 0. The number of halogens is 2. The maximum Gasteiger partial charge on any atom is 0.241 e. The van der Waals surface area contributed by atoms with Crippen molar-refractivity contribution in [3.8, 4) is 0 Å². The Morgan fingerprint density at radius 1 is 1.47 bits per heavy atom. The van der Waals surface area contributed by atoms with Gasteiger partial charge in [-0.05, 0) is 38.7 Å². The normalized spacial score (nSPS) is 22.1. The first kappa shape index (κ1) is 13.8. The molecule has 0 spiro atoms. The Morgan fingerprint density at radius 2 is 2.18 bits per heavy atom. The standard InChI is InChI=1S/C14H18F2O/c1-3-6-10(4-2)13(17)11-7-5-8-12(9-11)14(15)16/h3-4,6-7,12,14H,5,8-9H2,1-2H3. The lowest BCUT2D eigenvalue weighted by Crippen LogP contribution is -2.19. The second-order valence-corrected chi connectivity index (χ2v) is 4.18. The summed E-state index contributed by atoms with van der Waals surface area (Å²) < 4.78 is 25.2. The van der Waals surface area contributed by atoms with E-state index in [1.165, 1.54) is 0 Å². The molecule has 0 N–H and O–H groups in total. The first-order valence-electron chi connectivity index (χ1n) is 5.91. The zero-order valence-corrected chi connectivity index (χ0v) is 10.2. The van der Waals surface area contributed by atoms with Crippen LogP contribution in [0.1, 0.15) is 33.1 Å². The van der Waals surface area contributed by atoms with Crippen LogP contribution in [0.3, 0.4) is 0 Å². The number of carbonyl (C=O) groups excluding carboxylic acids is 1. The van der Waals surface area contributed by atoms with Crippen LogP contribution in [0.25, 0.3) is 0 Å². The van der Waals surface area contributed by atoms with Crippen molar-refractivity contribution in [3.63, 3.8) is 0 Å². The number of Topliss-reactive ketones (excluding diaryl/α,β-unsaturated/α-hetero) is 1. The number of hydrogen-bond acceptors (Lipinski definition) is 1. The van der Waals surface area contributed by atoms with Crippen LogP contribution in [0.15, 0.2) is 35.5 Å². The maximum absolute atomic E-state index is 12.6. The van der Waals surface area contributed by atoms with E-state index in [4.69, 9.17) is 0 Å². The van der Waals surface area contributed by atoms with Gasteiger partial charge in [-0.3, -0.25) is 4.79 Å². The molecule has 94 valence electrons. The van der Waals surface area contributed by atoms with E-state index < -0.39 is 12.3 Å². The smallest absolute Gasteiger partial charge is 0.241 e. The lowest BCUT2D eigenvalue weighted by atomic mass is 9.85. The second kappa shape index (κ2) is 6.48. The van der Waals surface area contributed by atoms with Gasteiger partial charge in [0.1, 0.15) is 0 Å². The van der Waals surface area contributed by atoms with E-state index in [9.17, 15) is 13.6 Å². The highest BCUT2D eigenvalue weighted by atomic mass is 19.3. The van der Waals surface area contributed by atoms with E-state index in [0.717, 1.165) is 0 Å². The van der Waals surface area contributed by atoms with Gasteiger partial charge in [0.15, 0.2) is 5.78 Å². The molecule has 1 nitrogen and oxygen atoms in total. The molecule has 0 saturated heterocycles. The van der Waals surface area contributed by atoms with Crippen LogP contribution < -0.4 is 0 Å². The molecule has 1 atom stereocenters. The fourth-order valence-corrected chi connectivity index (χ4v) is 2.01. The van der Waals surface area contributed by atoms with Gasteiger partial charge < -0.3 is 0 Å². The summed E-state index contributed by atoms with van der Waals surface area (Å²) in [4.78, 5) is 12.1. The molecule has 1 aliphatic rings. The third kappa shape index (κ3) is 3.62. The lowest BCUT2D eigenvalue weighted by Gasteiger charge is -2.21. The van der Waals surface area contributed by atoms with Gasteiger partial charge in [0.2, 0.25) is 6.43 Å². The molecule has 0 heterocycles. The molecule has 0 aromatic rings. The molecule has 0 radical (unpaired) electrons. The van der Waals surface area contributed by atoms with Gasteiger partial charge in [0.25, 0.3) is 0 Å². The highest BCUT2D eigenvalue weighted by Crippen LogP contribution is 2.30. The minimum absolute atomic E-state index is 0.115. The number of rotatable bonds is 4. The van der Waals surface area contributed by atoms with Crippen LogP contribution in [-0.2, 0) is 4.79 Å². The van der Waals surface area contributed by atoms with E-state index in [1.54, 1.807) is 31.2 Å². The van der Waals surface area contributed by atoms with Crippen LogP contribution in [0, 0.1) is 5.92 Å². The average Bonchev–Trinajstić information content (AvgIpc) is 2.35. The van der Waals surface area contributed by atoms with Crippen molar-refractivity contribution in [3.05, 3.63) is 35.5 Å². The molecule has 0 bridgehead atoms. The Labute approximate surface area is 101 Å². The van der Waals surface area contributed by atoms with E-state index >= 15 is 0 Å². The zero-order chi connectivity index (χ0) is 12.8. The van der Waals surface area contributed by atoms with Gasteiger partial charge in [0, 0.05) is 11.5 Å². The average molecular weight is 240 g/mol. The summed E-state index contributed by atoms with van der Waals surface area (Å²) in [5, 5.41) is 0. The molecule has 1 aliphatic carbocycles. The van der Waals surface area contributed by atoms with Crippen LogP contribution >= 0.6 is 0 Å². The molecule has 3 heteroatoms. The monoisotopic (exact) mass is 240 g/mol. The molecule has 0 aromatic heterocycles. The van der Waals surface area contributed by atoms with Crippen molar-refractivity contribution in [2.45, 2.75) is 39.5 Å². The van der Waals surface area contributed by atoms with Crippen LogP contribution in [0.2, 0.25) is 0 Å². The molecule has 0 aliphatic heterocycles. The molecule has 0 saturated carbocycles. The van der Waals surface area contributed by atoms with Gasteiger partial charge in [-0.1, -0.05) is 24.3 Å². The molecule has 0 aromatic carbocycles.